The largest absolute Gasteiger partial charge is 0.496 e. The average molecular weight is 308 g/mol. The maximum Gasteiger partial charge on any atom is 0.314 e. The minimum Gasteiger partial charge on any atom is -0.496 e. The standard InChI is InChI=1S/C17H28N2O3/c1-12(2)17(4,21)11-19-16(20)18-9-8-14-7-6-13(3)15(10-14)22-5/h6-7,10,12,21H,8-9,11H2,1-5H3,(H2,18,19,20). The van der Waals surface area contributed by atoms with E-state index in [9.17, 15) is 9.90 Å². The SMILES string of the molecule is COc1cc(CCNC(=O)NCC(C)(O)C(C)C)ccc1C. The molecule has 0 aliphatic heterocycles. The number of rotatable bonds is 7. The molecule has 124 valence electrons. The third-order valence-electron chi connectivity index (χ3n) is 4.02. The van der Waals surface area contributed by atoms with E-state index in [1.165, 1.54) is 0 Å². The monoisotopic (exact) mass is 308 g/mol. The van der Waals surface area contributed by atoms with E-state index in [-0.39, 0.29) is 18.5 Å². The van der Waals surface area contributed by atoms with Crippen LogP contribution in [0, 0.1) is 12.8 Å². The molecule has 0 spiro atoms. The van der Waals surface area contributed by atoms with E-state index in [2.05, 4.69) is 10.6 Å². The maximum atomic E-state index is 11.7. The van der Waals surface area contributed by atoms with Crippen LogP contribution in [0.15, 0.2) is 18.2 Å². The molecule has 0 saturated heterocycles. The first kappa shape index (κ1) is 18.3. The molecule has 22 heavy (non-hydrogen) atoms. The fourth-order valence-corrected chi connectivity index (χ4v) is 1.87. The van der Waals surface area contributed by atoms with Crippen molar-refractivity contribution in [3.63, 3.8) is 0 Å². The number of aliphatic hydroxyl groups is 1. The first-order valence-corrected chi connectivity index (χ1v) is 7.64. The Hall–Kier alpha value is -1.75. The Morgan fingerprint density at radius 2 is 2.05 bits per heavy atom. The van der Waals surface area contributed by atoms with Crippen LogP contribution in [-0.4, -0.2) is 36.9 Å². The van der Waals surface area contributed by atoms with E-state index in [4.69, 9.17) is 4.74 Å². The van der Waals surface area contributed by atoms with Crippen LogP contribution in [-0.2, 0) is 6.42 Å². The highest BCUT2D eigenvalue weighted by Crippen LogP contribution is 2.19. The van der Waals surface area contributed by atoms with Crippen molar-refractivity contribution >= 4 is 6.03 Å². The molecule has 1 aromatic carbocycles. The van der Waals surface area contributed by atoms with Gasteiger partial charge < -0.3 is 20.5 Å². The van der Waals surface area contributed by atoms with Crippen LogP contribution in [0.25, 0.3) is 0 Å². The molecule has 3 N–H and O–H groups in total. The molecule has 5 heteroatoms. The van der Waals surface area contributed by atoms with Gasteiger partial charge >= 0.3 is 6.03 Å². The highest BCUT2D eigenvalue weighted by atomic mass is 16.5. The minimum atomic E-state index is -0.901. The van der Waals surface area contributed by atoms with E-state index < -0.39 is 5.60 Å². The molecule has 0 aromatic heterocycles. The molecule has 5 nitrogen and oxygen atoms in total. The van der Waals surface area contributed by atoms with Gasteiger partial charge in [0.25, 0.3) is 0 Å². The topological polar surface area (TPSA) is 70.6 Å². The number of aryl methyl sites for hydroxylation is 1. The van der Waals surface area contributed by atoms with Crippen molar-refractivity contribution in [2.75, 3.05) is 20.2 Å². The summed E-state index contributed by atoms with van der Waals surface area (Å²) in [5, 5.41) is 15.6. The van der Waals surface area contributed by atoms with Crippen LogP contribution in [0.3, 0.4) is 0 Å². The Bertz CT molecular complexity index is 499. The molecule has 1 aromatic rings. The summed E-state index contributed by atoms with van der Waals surface area (Å²) in [4.78, 5) is 11.7. The van der Waals surface area contributed by atoms with Crippen molar-refractivity contribution in [1.82, 2.24) is 10.6 Å². The first-order chi connectivity index (χ1) is 10.3. The Morgan fingerprint density at radius 1 is 1.36 bits per heavy atom. The van der Waals surface area contributed by atoms with Crippen molar-refractivity contribution in [2.24, 2.45) is 5.92 Å². The van der Waals surface area contributed by atoms with Gasteiger partial charge in [0, 0.05) is 13.1 Å². The lowest BCUT2D eigenvalue weighted by molar-refractivity contribution is 0.0166. The van der Waals surface area contributed by atoms with Gasteiger partial charge in [0.15, 0.2) is 0 Å². The second-order valence-electron chi connectivity index (χ2n) is 6.18. The first-order valence-electron chi connectivity index (χ1n) is 7.64. The number of methoxy groups -OCH3 is 1. The zero-order valence-corrected chi connectivity index (χ0v) is 14.2. The summed E-state index contributed by atoms with van der Waals surface area (Å²) in [5.74, 6) is 0.933. The van der Waals surface area contributed by atoms with Crippen molar-refractivity contribution < 1.29 is 14.6 Å². The van der Waals surface area contributed by atoms with E-state index in [0.29, 0.717) is 6.54 Å². The van der Waals surface area contributed by atoms with Crippen LogP contribution >= 0.6 is 0 Å². The van der Waals surface area contributed by atoms with Crippen molar-refractivity contribution in [3.05, 3.63) is 29.3 Å². The van der Waals surface area contributed by atoms with Gasteiger partial charge in [-0.1, -0.05) is 26.0 Å². The van der Waals surface area contributed by atoms with Crippen LogP contribution in [0.1, 0.15) is 31.9 Å². The van der Waals surface area contributed by atoms with E-state index >= 15 is 0 Å². The molecule has 0 heterocycles. The number of nitrogens with one attached hydrogen (secondary N) is 2. The van der Waals surface area contributed by atoms with E-state index in [0.717, 1.165) is 23.3 Å². The Morgan fingerprint density at radius 3 is 2.64 bits per heavy atom. The van der Waals surface area contributed by atoms with E-state index in [1.807, 2.05) is 39.0 Å². The molecule has 1 unspecified atom stereocenters. The molecular formula is C17H28N2O3. The average Bonchev–Trinajstić information content (AvgIpc) is 2.46. The van der Waals surface area contributed by atoms with Crippen molar-refractivity contribution in [2.45, 2.75) is 39.7 Å². The molecular weight excluding hydrogens is 280 g/mol. The lowest BCUT2D eigenvalue weighted by Gasteiger charge is -2.27. The lowest BCUT2D eigenvalue weighted by atomic mass is 9.93. The number of benzene rings is 1. The van der Waals surface area contributed by atoms with Gasteiger partial charge in [0.05, 0.1) is 12.7 Å². The number of amides is 2. The van der Waals surface area contributed by atoms with Crippen molar-refractivity contribution in [3.8, 4) is 5.75 Å². The zero-order valence-electron chi connectivity index (χ0n) is 14.2. The molecule has 0 bridgehead atoms. The maximum absolute atomic E-state index is 11.7. The summed E-state index contributed by atoms with van der Waals surface area (Å²) < 4.78 is 5.28. The number of carbonyl (C=O) groups excluding carboxylic acids is 1. The van der Waals surface area contributed by atoms with Crippen LogP contribution in [0.4, 0.5) is 4.79 Å². The molecule has 0 aliphatic carbocycles. The summed E-state index contributed by atoms with van der Waals surface area (Å²) in [6.07, 6.45) is 0.727. The lowest BCUT2D eigenvalue weighted by Crippen LogP contribution is -2.47. The fraction of sp³-hybridized carbons (Fsp3) is 0.588. The molecule has 0 fully saturated rings. The number of urea groups is 1. The Balaban J connectivity index is 2.36. The van der Waals surface area contributed by atoms with E-state index in [1.54, 1.807) is 14.0 Å². The van der Waals surface area contributed by atoms with Gasteiger partial charge in [-0.2, -0.15) is 0 Å². The van der Waals surface area contributed by atoms with Gasteiger partial charge in [-0.05, 0) is 43.4 Å². The van der Waals surface area contributed by atoms with Crippen LogP contribution < -0.4 is 15.4 Å². The molecule has 1 rings (SSSR count). The summed E-state index contributed by atoms with van der Waals surface area (Å²) in [5.41, 5.74) is 1.30. The second kappa shape index (κ2) is 8.03. The van der Waals surface area contributed by atoms with Gasteiger partial charge in [-0.15, -0.1) is 0 Å². The number of hydrogen-bond donors (Lipinski definition) is 3. The quantitative estimate of drug-likeness (QED) is 0.723. The third-order valence-corrected chi connectivity index (χ3v) is 4.02. The highest BCUT2D eigenvalue weighted by molar-refractivity contribution is 5.73. The van der Waals surface area contributed by atoms with Crippen LogP contribution in [0.2, 0.25) is 0 Å². The predicted molar refractivity (Wildman–Crippen MR) is 88.3 cm³/mol. The predicted octanol–water partition coefficient (Wildman–Crippen LogP) is 2.25. The molecule has 2 amide bonds. The zero-order chi connectivity index (χ0) is 16.8. The van der Waals surface area contributed by atoms with Crippen LogP contribution in [0.5, 0.6) is 5.75 Å². The summed E-state index contributed by atoms with van der Waals surface area (Å²) >= 11 is 0. The van der Waals surface area contributed by atoms with Gasteiger partial charge in [0.2, 0.25) is 0 Å². The van der Waals surface area contributed by atoms with Gasteiger partial charge in [0.1, 0.15) is 5.75 Å². The molecule has 0 aliphatic rings. The number of carbonyl (C=O) groups is 1. The van der Waals surface area contributed by atoms with Crippen molar-refractivity contribution in [1.29, 1.82) is 0 Å². The molecule has 0 saturated carbocycles. The summed E-state index contributed by atoms with van der Waals surface area (Å²) in [7, 11) is 1.65. The van der Waals surface area contributed by atoms with Gasteiger partial charge in [-0.3, -0.25) is 0 Å². The summed E-state index contributed by atoms with van der Waals surface area (Å²) in [6.45, 7) is 8.32. The molecule has 0 radical (unpaired) electrons. The minimum absolute atomic E-state index is 0.0767. The smallest absolute Gasteiger partial charge is 0.314 e. The Labute approximate surface area is 133 Å². The summed E-state index contributed by atoms with van der Waals surface area (Å²) in [6, 6.07) is 5.76. The second-order valence-corrected chi connectivity index (χ2v) is 6.18. The Kier molecular flexibility index (Phi) is 6.68. The van der Waals surface area contributed by atoms with Gasteiger partial charge in [-0.25, -0.2) is 4.79 Å². The molecule has 1 atom stereocenters. The fourth-order valence-electron chi connectivity index (χ4n) is 1.87. The normalized spacial score (nSPS) is 13.6. The third kappa shape index (κ3) is 5.56. The highest BCUT2D eigenvalue weighted by Gasteiger charge is 2.25. The number of hydrogen-bond acceptors (Lipinski definition) is 3. The number of ether oxygens (including phenoxy) is 1.